The zero-order chi connectivity index (χ0) is 13.8. The maximum Gasteiger partial charge on any atom is 0.0678 e. The van der Waals surface area contributed by atoms with Gasteiger partial charge in [0.25, 0.3) is 0 Å². The Hall–Kier alpha value is -1.40. The Morgan fingerprint density at radius 3 is 1.71 bits per heavy atom. The van der Waals surface area contributed by atoms with Gasteiger partial charge in [-0.2, -0.15) is 0 Å². The fourth-order valence-electron chi connectivity index (χ4n) is 1.82. The summed E-state index contributed by atoms with van der Waals surface area (Å²) >= 11 is 0. The predicted octanol–water partition coefficient (Wildman–Crippen LogP) is -2.43. The molecule has 0 aliphatic heterocycles. The molecule has 0 bridgehead atoms. The van der Waals surface area contributed by atoms with Gasteiger partial charge >= 0.3 is 0 Å². The van der Waals surface area contributed by atoms with Crippen molar-refractivity contribution >= 4 is 11.9 Å². The van der Waals surface area contributed by atoms with Crippen LogP contribution in [0.25, 0.3) is 0 Å². The lowest BCUT2D eigenvalue weighted by Crippen LogP contribution is -2.50. The number of hydrogen-bond acceptors (Lipinski definition) is 6. The highest BCUT2D eigenvalue weighted by atomic mass is 16.4. The van der Waals surface area contributed by atoms with Crippen molar-refractivity contribution in [2.45, 2.75) is 38.9 Å². The van der Waals surface area contributed by atoms with E-state index in [1.54, 1.807) is 0 Å². The van der Waals surface area contributed by atoms with Crippen molar-refractivity contribution in [1.29, 1.82) is 0 Å². The number of carboxylic acid groups (broad SMARTS) is 2. The van der Waals surface area contributed by atoms with Gasteiger partial charge < -0.3 is 30.0 Å². The lowest BCUT2D eigenvalue weighted by atomic mass is 9.72. The van der Waals surface area contributed by atoms with Crippen molar-refractivity contribution < 1.29 is 30.0 Å². The summed E-state index contributed by atoms with van der Waals surface area (Å²) in [6.07, 6.45) is -2.98. The molecule has 0 amide bonds. The summed E-state index contributed by atoms with van der Waals surface area (Å²) in [5.74, 6) is -3.44. The highest BCUT2D eigenvalue weighted by Gasteiger charge is 2.38. The molecule has 0 rings (SSSR count). The Balaban J connectivity index is 5.46. The van der Waals surface area contributed by atoms with Crippen LogP contribution in [0.4, 0.5) is 0 Å². The molecule has 0 aromatic heterocycles. The molecule has 0 saturated heterocycles. The van der Waals surface area contributed by atoms with E-state index in [1.807, 2.05) is 0 Å². The van der Waals surface area contributed by atoms with E-state index in [0.717, 1.165) is 0 Å². The first kappa shape index (κ1) is 15.6. The second-order valence-corrected chi connectivity index (χ2v) is 4.24. The molecule has 0 radical (unpaired) electrons. The first-order chi connectivity index (χ1) is 7.63. The van der Waals surface area contributed by atoms with Crippen molar-refractivity contribution in [2.75, 3.05) is 0 Å². The summed E-state index contributed by atoms with van der Waals surface area (Å²) in [6.45, 7) is 5.76. The van der Waals surface area contributed by atoms with E-state index >= 15 is 0 Å². The van der Waals surface area contributed by atoms with E-state index in [2.05, 4.69) is 6.58 Å². The quantitative estimate of drug-likeness (QED) is 0.480. The Bertz CT molecular complexity index is 308. The number of aliphatic hydroxyl groups excluding tert-OH is 2. The molecule has 0 aliphatic carbocycles. The summed E-state index contributed by atoms with van der Waals surface area (Å²) in [7, 11) is 0. The molecular weight excluding hydrogens is 228 g/mol. The van der Waals surface area contributed by atoms with E-state index in [0.29, 0.717) is 0 Å². The van der Waals surface area contributed by atoms with Crippen LogP contribution in [0, 0.1) is 5.41 Å². The zero-order valence-corrected chi connectivity index (χ0v) is 9.80. The van der Waals surface area contributed by atoms with E-state index < -0.39 is 48.0 Å². The van der Waals surface area contributed by atoms with E-state index in [9.17, 15) is 30.0 Å². The average Bonchev–Trinajstić information content (AvgIpc) is 2.13. The van der Waals surface area contributed by atoms with Gasteiger partial charge in [-0.3, -0.25) is 0 Å². The first-order valence-electron chi connectivity index (χ1n) is 5.11. The minimum absolute atomic E-state index is 0.410. The number of carbonyl (C=O) groups excluding carboxylic acids is 2. The van der Waals surface area contributed by atoms with Crippen LogP contribution in [0.15, 0.2) is 12.2 Å². The van der Waals surface area contributed by atoms with Crippen LogP contribution in [-0.2, 0) is 9.59 Å². The highest BCUT2D eigenvalue weighted by molar-refractivity contribution is 5.94. The Labute approximate surface area is 99.2 Å². The Morgan fingerprint density at radius 1 is 1.18 bits per heavy atom. The van der Waals surface area contributed by atoms with Crippen molar-refractivity contribution in [2.24, 2.45) is 5.41 Å². The summed E-state index contributed by atoms with van der Waals surface area (Å²) in [5, 5.41) is 40.4. The van der Waals surface area contributed by atoms with E-state index in [1.165, 1.54) is 13.8 Å². The predicted molar refractivity (Wildman–Crippen MR) is 54.2 cm³/mol. The van der Waals surface area contributed by atoms with Crippen LogP contribution in [-0.4, -0.2) is 34.4 Å². The molecule has 6 nitrogen and oxygen atoms in total. The van der Waals surface area contributed by atoms with Crippen molar-refractivity contribution in [1.82, 2.24) is 0 Å². The minimum atomic E-state index is -2.03. The number of hydrogen-bond donors (Lipinski definition) is 2. The Kier molecular flexibility index (Phi) is 5.31. The largest absolute Gasteiger partial charge is 0.549 e. The van der Waals surface area contributed by atoms with Crippen LogP contribution >= 0.6 is 0 Å². The van der Waals surface area contributed by atoms with Gasteiger partial charge in [0.2, 0.25) is 0 Å². The topological polar surface area (TPSA) is 121 Å². The number of rotatable bonds is 7. The first-order valence-corrected chi connectivity index (χ1v) is 5.11. The van der Waals surface area contributed by atoms with Crippen LogP contribution in [0.5, 0.6) is 0 Å². The van der Waals surface area contributed by atoms with Crippen LogP contribution in [0.3, 0.4) is 0 Å². The van der Waals surface area contributed by atoms with Crippen LogP contribution < -0.4 is 10.2 Å². The van der Waals surface area contributed by atoms with Gasteiger partial charge in [0.1, 0.15) is 0 Å². The number of carboxylic acids is 2. The minimum Gasteiger partial charge on any atom is -0.549 e. The third kappa shape index (κ3) is 3.83. The lowest BCUT2D eigenvalue weighted by Gasteiger charge is -2.39. The SMILES string of the molecule is C=C(C(=O)[O-])C(CC(C)O)(CC(C)O)C(=O)[O-]. The van der Waals surface area contributed by atoms with Crippen molar-refractivity contribution in [3.05, 3.63) is 12.2 Å². The van der Waals surface area contributed by atoms with Crippen LogP contribution in [0.2, 0.25) is 0 Å². The lowest BCUT2D eigenvalue weighted by molar-refractivity contribution is -0.324. The second-order valence-electron chi connectivity index (χ2n) is 4.24. The molecule has 2 N–H and O–H groups in total. The molecule has 2 unspecified atom stereocenters. The molecule has 98 valence electrons. The molecule has 0 saturated carbocycles. The van der Waals surface area contributed by atoms with Gasteiger partial charge in [-0.1, -0.05) is 6.58 Å². The van der Waals surface area contributed by atoms with Crippen molar-refractivity contribution in [3.63, 3.8) is 0 Å². The molecule has 0 aromatic carbocycles. The molecule has 0 aliphatic rings. The van der Waals surface area contributed by atoms with Crippen LogP contribution in [0.1, 0.15) is 26.7 Å². The molecule has 0 heterocycles. The normalized spacial score (nSPS) is 17.9. The Morgan fingerprint density at radius 2 is 1.53 bits per heavy atom. The summed E-state index contributed by atoms with van der Waals surface area (Å²) in [4.78, 5) is 21.9. The summed E-state index contributed by atoms with van der Waals surface area (Å²) in [5.41, 5.74) is -2.74. The molecule has 17 heavy (non-hydrogen) atoms. The monoisotopic (exact) mass is 244 g/mol. The smallest absolute Gasteiger partial charge is 0.0678 e. The fourth-order valence-corrected chi connectivity index (χ4v) is 1.82. The average molecular weight is 244 g/mol. The van der Waals surface area contributed by atoms with Gasteiger partial charge in [0.15, 0.2) is 0 Å². The van der Waals surface area contributed by atoms with Gasteiger partial charge in [0, 0.05) is 5.41 Å². The van der Waals surface area contributed by atoms with E-state index in [4.69, 9.17) is 0 Å². The van der Waals surface area contributed by atoms with E-state index in [-0.39, 0.29) is 0 Å². The highest BCUT2D eigenvalue weighted by Crippen LogP contribution is 2.36. The second kappa shape index (κ2) is 5.79. The number of aliphatic hydroxyl groups is 2. The third-order valence-electron chi connectivity index (χ3n) is 2.50. The molecule has 0 fully saturated rings. The maximum absolute atomic E-state index is 11.2. The van der Waals surface area contributed by atoms with Gasteiger partial charge in [-0.05, 0) is 32.3 Å². The standard InChI is InChI=1S/C11H18O6/c1-6(12)4-11(10(16)17,5-7(2)13)8(3)9(14)15/h6-7,12-13H,3-5H2,1-2H3,(H,14,15)(H,16,17)/p-2. The van der Waals surface area contributed by atoms with Gasteiger partial charge in [-0.15, -0.1) is 0 Å². The summed E-state index contributed by atoms with van der Waals surface area (Å²) in [6, 6.07) is 0. The number of aliphatic carboxylic acids is 2. The van der Waals surface area contributed by atoms with Gasteiger partial charge in [0.05, 0.1) is 24.1 Å². The maximum atomic E-state index is 11.2. The molecular formula is C11H16O6-2. The third-order valence-corrected chi connectivity index (χ3v) is 2.50. The molecule has 2 atom stereocenters. The summed E-state index contributed by atoms with van der Waals surface area (Å²) < 4.78 is 0. The fraction of sp³-hybridized carbons (Fsp3) is 0.636. The number of carbonyl (C=O) groups is 2. The molecule has 0 spiro atoms. The zero-order valence-electron chi connectivity index (χ0n) is 9.80. The van der Waals surface area contributed by atoms with Crippen molar-refractivity contribution in [3.8, 4) is 0 Å². The molecule has 0 aromatic rings. The van der Waals surface area contributed by atoms with Gasteiger partial charge in [-0.25, -0.2) is 0 Å². The molecule has 6 heteroatoms.